The summed E-state index contributed by atoms with van der Waals surface area (Å²) in [6.07, 6.45) is 0. The molecular weight excluding hydrogens is 825 g/mol. The van der Waals surface area contributed by atoms with Crippen LogP contribution in [-0.2, 0) is 0 Å². The maximum atomic E-state index is 5.51. The van der Waals surface area contributed by atoms with Crippen molar-refractivity contribution >= 4 is 43.6 Å². The van der Waals surface area contributed by atoms with Crippen molar-refractivity contribution in [2.75, 3.05) is 0 Å². The molecule has 4 nitrogen and oxygen atoms in total. The molecule has 9 aromatic carbocycles. The largest absolute Gasteiger partial charge is 0.294 e. The fourth-order valence-electron chi connectivity index (χ4n) is 10.1. The Kier molecular flexibility index (Phi) is 9.47. The lowest BCUT2D eigenvalue weighted by atomic mass is 9.95. The Morgan fingerprint density at radius 3 is 0.897 bits per heavy atom. The maximum absolute atomic E-state index is 5.51. The molecule has 0 atom stereocenters. The third-order valence-electron chi connectivity index (χ3n) is 13.3. The van der Waals surface area contributed by atoms with E-state index in [1.54, 1.807) is 0 Å². The van der Waals surface area contributed by atoms with Crippen molar-refractivity contribution in [3.05, 3.63) is 255 Å². The van der Waals surface area contributed by atoms with E-state index in [0.717, 1.165) is 78.5 Å². The van der Waals surface area contributed by atoms with Gasteiger partial charge >= 0.3 is 0 Å². The van der Waals surface area contributed by atoms with Gasteiger partial charge in [-0.3, -0.25) is 9.13 Å². The normalized spacial score (nSPS) is 11.5. The van der Waals surface area contributed by atoms with Crippen molar-refractivity contribution in [1.29, 1.82) is 0 Å². The van der Waals surface area contributed by atoms with Crippen LogP contribution in [-0.4, -0.2) is 19.1 Å². The number of rotatable bonds is 8. The molecule has 318 valence electrons. The van der Waals surface area contributed by atoms with E-state index in [1.165, 1.54) is 43.8 Å². The maximum Gasteiger partial charge on any atom is 0.138 e. The van der Waals surface area contributed by atoms with Gasteiger partial charge in [0.25, 0.3) is 0 Å². The zero-order chi connectivity index (χ0) is 45.0. The first kappa shape index (κ1) is 39.3. The molecule has 0 aliphatic carbocycles. The average molecular weight is 867 g/mol. The van der Waals surface area contributed by atoms with E-state index in [2.05, 4.69) is 264 Å². The van der Waals surface area contributed by atoms with Gasteiger partial charge in [-0.25, -0.2) is 9.97 Å². The van der Waals surface area contributed by atoms with Crippen molar-refractivity contribution < 1.29 is 0 Å². The molecule has 0 saturated heterocycles. The van der Waals surface area contributed by atoms with E-state index in [1.807, 2.05) is 0 Å². The number of para-hydroxylation sites is 2. The van der Waals surface area contributed by atoms with Gasteiger partial charge in [-0.2, -0.15) is 0 Å². The van der Waals surface area contributed by atoms with E-state index < -0.39 is 0 Å². The zero-order valence-corrected chi connectivity index (χ0v) is 37.0. The van der Waals surface area contributed by atoms with Crippen LogP contribution in [0.1, 0.15) is 0 Å². The molecule has 0 aliphatic rings. The van der Waals surface area contributed by atoms with Crippen LogP contribution in [0.3, 0.4) is 0 Å². The Bertz CT molecular complexity index is 3630. The van der Waals surface area contributed by atoms with Gasteiger partial charge in [-0.05, 0) is 129 Å². The van der Waals surface area contributed by atoms with Gasteiger partial charge in [-0.15, -0.1) is 0 Å². The minimum absolute atomic E-state index is 0.856. The first-order valence-corrected chi connectivity index (χ1v) is 23.1. The highest BCUT2D eigenvalue weighted by atomic mass is 15.1. The van der Waals surface area contributed by atoms with Crippen molar-refractivity contribution in [2.45, 2.75) is 0 Å². The fraction of sp³-hybridized carbons (Fsp3) is 0. The summed E-state index contributed by atoms with van der Waals surface area (Å²) in [4.78, 5) is 11.0. The Morgan fingerprint density at radius 1 is 0.206 bits per heavy atom. The van der Waals surface area contributed by atoms with Crippen molar-refractivity contribution in [3.63, 3.8) is 0 Å². The van der Waals surface area contributed by atoms with E-state index in [-0.39, 0.29) is 0 Å². The van der Waals surface area contributed by atoms with Crippen LogP contribution in [0.5, 0.6) is 0 Å². The van der Waals surface area contributed by atoms with Crippen LogP contribution in [0.2, 0.25) is 0 Å². The first-order valence-electron chi connectivity index (χ1n) is 23.1. The van der Waals surface area contributed by atoms with E-state index in [0.29, 0.717) is 0 Å². The standard InChI is InChI=1S/C64H42N4/c1-5-19-43(20-6-1)47-35-48(44-21-7-2-8-22-44)38-51(37-47)57-29-17-33-63(65-57)67-59-31-15-13-27-53(59)55-41-56-54-28-14-16-32-60(54)68(62(56)42-61(55)67)64-34-18-30-58(66-64)52-39-49(45-23-9-3-10-24-45)36-50(40-52)46-25-11-4-12-26-46/h1-42H. The van der Waals surface area contributed by atoms with Gasteiger partial charge in [0.15, 0.2) is 0 Å². The molecule has 0 radical (unpaired) electrons. The van der Waals surface area contributed by atoms with Gasteiger partial charge < -0.3 is 0 Å². The predicted molar refractivity (Wildman–Crippen MR) is 283 cm³/mol. The Hall–Kier alpha value is -9.12. The summed E-state index contributed by atoms with van der Waals surface area (Å²) < 4.78 is 4.66. The summed E-state index contributed by atoms with van der Waals surface area (Å²) in [6.45, 7) is 0. The second-order valence-electron chi connectivity index (χ2n) is 17.4. The molecule has 0 amide bonds. The second kappa shape index (κ2) is 16.4. The minimum atomic E-state index is 0.856. The van der Waals surface area contributed by atoms with Crippen LogP contribution in [0.25, 0.3) is 122 Å². The number of aromatic nitrogens is 4. The summed E-state index contributed by atoms with van der Waals surface area (Å²) >= 11 is 0. The van der Waals surface area contributed by atoms with Gasteiger partial charge in [0, 0.05) is 32.7 Å². The number of hydrogen-bond acceptors (Lipinski definition) is 2. The smallest absolute Gasteiger partial charge is 0.138 e. The third kappa shape index (κ3) is 6.86. The molecule has 13 aromatic rings. The molecule has 13 rings (SSSR count). The summed E-state index contributed by atoms with van der Waals surface area (Å²) in [5.74, 6) is 1.71. The highest BCUT2D eigenvalue weighted by Crippen LogP contribution is 2.41. The molecule has 0 unspecified atom stereocenters. The number of hydrogen-bond donors (Lipinski definition) is 0. The van der Waals surface area contributed by atoms with Gasteiger partial charge in [0.2, 0.25) is 0 Å². The topological polar surface area (TPSA) is 35.6 Å². The van der Waals surface area contributed by atoms with Crippen LogP contribution < -0.4 is 0 Å². The zero-order valence-electron chi connectivity index (χ0n) is 37.0. The van der Waals surface area contributed by atoms with E-state index >= 15 is 0 Å². The molecule has 4 heteroatoms. The molecule has 0 N–H and O–H groups in total. The van der Waals surface area contributed by atoms with Crippen molar-refractivity contribution in [1.82, 2.24) is 19.1 Å². The molecule has 68 heavy (non-hydrogen) atoms. The second-order valence-corrected chi connectivity index (χ2v) is 17.4. The highest BCUT2D eigenvalue weighted by molar-refractivity contribution is 6.19. The molecule has 0 aliphatic heterocycles. The lowest BCUT2D eigenvalue weighted by Gasteiger charge is -2.13. The van der Waals surface area contributed by atoms with E-state index in [9.17, 15) is 0 Å². The monoisotopic (exact) mass is 866 g/mol. The number of pyridine rings is 2. The number of benzene rings is 9. The van der Waals surface area contributed by atoms with Gasteiger partial charge in [0.1, 0.15) is 11.6 Å². The summed E-state index contributed by atoms with van der Waals surface area (Å²) in [5, 5.41) is 4.71. The Morgan fingerprint density at radius 2 is 0.529 bits per heavy atom. The SMILES string of the molecule is c1ccc(-c2cc(-c3ccccc3)cc(-c3cccc(-n4c5ccccc5c5cc6c7ccccc7n(-c7cccc(-c8cc(-c9ccccc9)cc(-c9ccccc9)c8)n7)c6cc54)n3)c2)cc1. The quantitative estimate of drug-likeness (QED) is 0.153. The molecule has 0 fully saturated rings. The van der Waals surface area contributed by atoms with Crippen LogP contribution >= 0.6 is 0 Å². The van der Waals surface area contributed by atoms with Crippen molar-refractivity contribution in [3.8, 4) is 78.7 Å². The van der Waals surface area contributed by atoms with Crippen LogP contribution in [0.4, 0.5) is 0 Å². The number of fused-ring (bicyclic) bond motifs is 6. The Balaban J connectivity index is 0.996. The van der Waals surface area contributed by atoms with Gasteiger partial charge in [-0.1, -0.05) is 170 Å². The summed E-state index contributed by atoms with van der Waals surface area (Å²) in [7, 11) is 0. The molecule has 4 heterocycles. The molecular formula is C64H42N4. The fourth-order valence-corrected chi connectivity index (χ4v) is 10.1. The van der Waals surface area contributed by atoms with Gasteiger partial charge in [0.05, 0.1) is 33.5 Å². The average Bonchev–Trinajstić information content (AvgIpc) is 3.93. The van der Waals surface area contributed by atoms with Crippen molar-refractivity contribution in [2.24, 2.45) is 0 Å². The molecule has 0 saturated carbocycles. The predicted octanol–water partition coefficient (Wildman–Crippen LogP) is 16.7. The molecule has 0 bridgehead atoms. The minimum Gasteiger partial charge on any atom is -0.294 e. The summed E-state index contributed by atoms with van der Waals surface area (Å²) in [5.41, 5.74) is 17.6. The lowest BCUT2D eigenvalue weighted by Crippen LogP contribution is -2.00. The third-order valence-corrected chi connectivity index (χ3v) is 13.3. The molecule has 0 spiro atoms. The first-order chi connectivity index (χ1) is 33.7. The molecule has 4 aromatic heterocycles. The Labute approximate surface area is 394 Å². The number of nitrogens with zero attached hydrogens (tertiary/aromatic N) is 4. The van der Waals surface area contributed by atoms with Crippen LogP contribution in [0, 0.1) is 0 Å². The lowest BCUT2D eigenvalue weighted by molar-refractivity contribution is 1.07. The summed E-state index contributed by atoms with van der Waals surface area (Å²) in [6, 6.07) is 91.0. The van der Waals surface area contributed by atoms with E-state index in [4.69, 9.17) is 9.97 Å². The van der Waals surface area contributed by atoms with Crippen LogP contribution in [0.15, 0.2) is 255 Å². The highest BCUT2D eigenvalue weighted by Gasteiger charge is 2.20.